The van der Waals surface area contributed by atoms with Crippen molar-refractivity contribution in [2.75, 3.05) is 0 Å². The Bertz CT molecular complexity index is 122. The van der Waals surface area contributed by atoms with Gasteiger partial charge in [-0.1, -0.05) is 6.08 Å². The van der Waals surface area contributed by atoms with E-state index in [9.17, 15) is 0 Å². The lowest BCUT2D eigenvalue weighted by Crippen LogP contribution is -2.28. The van der Waals surface area contributed by atoms with Crippen molar-refractivity contribution in [1.82, 2.24) is 0 Å². The molecule has 0 saturated heterocycles. The van der Waals surface area contributed by atoms with Gasteiger partial charge in [-0.3, -0.25) is 5.41 Å². The van der Waals surface area contributed by atoms with Crippen LogP contribution >= 0.6 is 0 Å². The first-order valence-electron chi connectivity index (χ1n) is 2.44. The fourth-order valence-electron chi connectivity index (χ4n) is 0.359. The predicted octanol–water partition coefficient (Wildman–Crippen LogP) is -0.765. The van der Waals surface area contributed by atoms with Gasteiger partial charge in [-0.05, 0) is 13.0 Å². The fourth-order valence-corrected chi connectivity index (χ4v) is 0.359. The Kier molecular flexibility index (Phi) is 3.58. The van der Waals surface area contributed by atoms with E-state index in [0.29, 0.717) is 5.70 Å². The van der Waals surface area contributed by atoms with Gasteiger partial charge in [-0.2, -0.15) is 0 Å². The van der Waals surface area contributed by atoms with Crippen LogP contribution in [0.5, 0.6) is 0 Å². The second-order valence-corrected chi connectivity index (χ2v) is 1.36. The van der Waals surface area contributed by atoms with Crippen molar-refractivity contribution in [3.63, 3.8) is 0 Å². The zero-order valence-corrected chi connectivity index (χ0v) is 4.96. The Morgan fingerprint density at radius 2 is 2.25 bits per heavy atom. The number of allylic oxidation sites excluding steroid dienone is 3. The molecule has 2 heteroatoms. The average molecular weight is 111 g/mol. The van der Waals surface area contributed by atoms with Crippen molar-refractivity contribution in [3.05, 3.63) is 23.9 Å². The van der Waals surface area contributed by atoms with Crippen LogP contribution in [-0.2, 0) is 0 Å². The lowest BCUT2D eigenvalue weighted by molar-refractivity contribution is -0.104. The molecule has 0 aromatic heterocycles. The number of hydrogen-bond acceptors (Lipinski definition) is 1. The summed E-state index contributed by atoms with van der Waals surface area (Å²) in [5.74, 6) is 0. The van der Waals surface area contributed by atoms with Gasteiger partial charge in [0.05, 0.1) is 0 Å². The van der Waals surface area contributed by atoms with Crippen molar-refractivity contribution in [3.8, 4) is 0 Å². The van der Waals surface area contributed by atoms with Gasteiger partial charge in [0.2, 0.25) is 0 Å². The Morgan fingerprint density at radius 3 is 2.62 bits per heavy atom. The largest absolute Gasteiger partial charge is 0.399 e. The maximum atomic E-state index is 5.36. The molecule has 0 fully saturated rings. The minimum Gasteiger partial charge on any atom is -0.399 e. The summed E-state index contributed by atoms with van der Waals surface area (Å²) in [5, 5.41) is 5.04. The quantitative estimate of drug-likeness (QED) is 0.357. The zero-order chi connectivity index (χ0) is 6.41. The maximum Gasteiger partial charge on any atom is 0.162 e. The van der Waals surface area contributed by atoms with E-state index in [1.54, 1.807) is 12.2 Å². The average Bonchev–Trinajstić information content (AvgIpc) is 1.68. The predicted molar refractivity (Wildman–Crippen MR) is 35.1 cm³/mol. The molecule has 0 unspecified atom stereocenters. The first-order chi connectivity index (χ1) is 3.81. The molecule has 0 bridgehead atoms. The molecule has 0 rings (SSSR count). The summed E-state index contributed by atoms with van der Waals surface area (Å²) in [7, 11) is 0. The highest BCUT2D eigenvalue weighted by atomic mass is 14.6. The summed E-state index contributed by atoms with van der Waals surface area (Å²) in [4.78, 5) is 0. The Morgan fingerprint density at radius 1 is 1.62 bits per heavy atom. The fraction of sp³-hybridized carbons (Fsp3) is 0.167. The summed E-state index contributed by atoms with van der Waals surface area (Å²) < 4.78 is 0. The highest BCUT2D eigenvalue weighted by Gasteiger charge is 1.74. The third kappa shape index (κ3) is 3.15. The Balaban J connectivity index is 3.79. The normalized spacial score (nSPS) is 12.4. The van der Waals surface area contributed by atoms with Crippen LogP contribution in [0.15, 0.2) is 23.9 Å². The minimum absolute atomic E-state index is 0.676. The first kappa shape index (κ1) is 6.95. The van der Waals surface area contributed by atoms with Crippen LogP contribution in [0, 0.1) is 0 Å². The lowest BCUT2D eigenvalue weighted by atomic mass is 10.4. The Hall–Kier alpha value is -1.05. The van der Waals surface area contributed by atoms with Crippen molar-refractivity contribution in [1.29, 1.82) is 0 Å². The lowest BCUT2D eigenvalue weighted by Gasteiger charge is -1.82. The van der Waals surface area contributed by atoms with Gasteiger partial charge in [-0.15, -0.1) is 0 Å². The van der Waals surface area contributed by atoms with Crippen LogP contribution in [0.2, 0.25) is 0 Å². The second kappa shape index (κ2) is 4.12. The number of hydrogen-bond donors (Lipinski definition) is 2. The van der Waals surface area contributed by atoms with E-state index in [0.717, 1.165) is 0 Å². The molecule has 0 aliphatic rings. The highest BCUT2D eigenvalue weighted by molar-refractivity contribution is 5.66. The van der Waals surface area contributed by atoms with Crippen LogP contribution in [0.1, 0.15) is 6.92 Å². The monoisotopic (exact) mass is 111 g/mol. The molecule has 2 nitrogen and oxygen atoms in total. The molecule has 0 aromatic carbocycles. The van der Waals surface area contributed by atoms with Crippen LogP contribution in [0.25, 0.3) is 0 Å². The van der Waals surface area contributed by atoms with Gasteiger partial charge in [0, 0.05) is 11.8 Å². The van der Waals surface area contributed by atoms with Gasteiger partial charge < -0.3 is 5.73 Å². The Labute approximate surface area is 49.2 Å². The minimum atomic E-state index is 0.676. The molecule has 0 saturated carbocycles. The van der Waals surface area contributed by atoms with Crippen LogP contribution in [-0.4, -0.2) is 6.21 Å². The number of nitrogens with two attached hydrogens (primary N) is 2. The van der Waals surface area contributed by atoms with Crippen LogP contribution < -0.4 is 11.1 Å². The molecule has 44 valence electrons. The van der Waals surface area contributed by atoms with Gasteiger partial charge in [0.25, 0.3) is 0 Å². The van der Waals surface area contributed by atoms with E-state index in [1.165, 1.54) is 6.21 Å². The summed E-state index contributed by atoms with van der Waals surface area (Å²) in [5.41, 5.74) is 6.03. The number of rotatable bonds is 2. The zero-order valence-electron chi connectivity index (χ0n) is 4.96. The molecule has 0 aliphatic carbocycles. The van der Waals surface area contributed by atoms with E-state index in [1.807, 2.05) is 13.0 Å². The van der Waals surface area contributed by atoms with E-state index < -0.39 is 0 Å². The third-order valence-corrected chi connectivity index (χ3v) is 0.648. The van der Waals surface area contributed by atoms with Gasteiger partial charge in [0.15, 0.2) is 6.21 Å². The highest BCUT2D eigenvalue weighted by Crippen LogP contribution is 1.81. The molecular weight excluding hydrogens is 100 g/mol. The summed E-state index contributed by atoms with van der Waals surface area (Å²) >= 11 is 0. The SMILES string of the molecule is C/C=C\C(N)=C\C=[NH2+]. The second-order valence-electron chi connectivity index (χ2n) is 1.36. The standard InChI is InChI=1S/C6H10N2/c1-2-3-6(8)4-5-7/h2-5,7H,8H2,1H3/p+1/b3-2-,6-4-,7-5?. The van der Waals surface area contributed by atoms with E-state index >= 15 is 0 Å². The third-order valence-electron chi connectivity index (χ3n) is 0.648. The molecule has 0 heterocycles. The summed E-state index contributed by atoms with van der Waals surface area (Å²) in [6.45, 7) is 1.90. The molecule has 0 atom stereocenters. The van der Waals surface area contributed by atoms with E-state index in [4.69, 9.17) is 11.1 Å². The van der Waals surface area contributed by atoms with E-state index in [-0.39, 0.29) is 0 Å². The van der Waals surface area contributed by atoms with Gasteiger partial charge in [-0.25, -0.2) is 0 Å². The van der Waals surface area contributed by atoms with Crippen LogP contribution in [0.4, 0.5) is 0 Å². The maximum absolute atomic E-state index is 5.36. The van der Waals surface area contributed by atoms with Crippen LogP contribution in [0.3, 0.4) is 0 Å². The molecule has 0 amide bonds. The summed E-state index contributed by atoms with van der Waals surface area (Å²) in [6, 6.07) is 0. The first-order valence-corrected chi connectivity index (χ1v) is 2.44. The molecular formula is C6H11N2+. The molecule has 4 N–H and O–H groups in total. The molecule has 8 heavy (non-hydrogen) atoms. The van der Waals surface area contributed by atoms with E-state index in [2.05, 4.69) is 0 Å². The molecule has 0 aliphatic heterocycles. The molecule has 0 spiro atoms. The molecule has 0 aromatic rings. The summed E-state index contributed by atoms with van der Waals surface area (Å²) in [6.07, 6.45) is 6.69. The van der Waals surface area contributed by atoms with Crippen molar-refractivity contribution < 1.29 is 5.41 Å². The molecule has 0 radical (unpaired) electrons. The smallest absolute Gasteiger partial charge is 0.162 e. The topological polar surface area (TPSA) is 51.6 Å². The van der Waals surface area contributed by atoms with Gasteiger partial charge >= 0.3 is 0 Å². The van der Waals surface area contributed by atoms with Crippen molar-refractivity contribution >= 4 is 6.21 Å². The van der Waals surface area contributed by atoms with Crippen molar-refractivity contribution in [2.45, 2.75) is 6.92 Å². The van der Waals surface area contributed by atoms with Gasteiger partial charge in [0.1, 0.15) is 0 Å². The van der Waals surface area contributed by atoms with Crippen molar-refractivity contribution in [2.24, 2.45) is 5.73 Å².